The molecular formula is C30H28ClN3O5S. The van der Waals surface area contributed by atoms with Crippen molar-refractivity contribution in [2.24, 2.45) is 5.10 Å². The number of ether oxygens (including phenoxy) is 2. The third-order valence-electron chi connectivity index (χ3n) is 5.80. The monoisotopic (exact) mass is 577 g/mol. The molecule has 0 atom stereocenters. The van der Waals surface area contributed by atoms with Gasteiger partial charge in [0.1, 0.15) is 24.7 Å². The number of rotatable bonds is 11. The van der Waals surface area contributed by atoms with Gasteiger partial charge in [-0.15, -0.1) is 0 Å². The van der Waals surface area contributed by atoms with E-state index in [2.05, 4.69) is 10.5 Å². The Balaban J connectivity index is 1.44. The van der Waals surface area contributed by atoms with Crippen molar-refractivity contribution in [3.63, 3.8) is 0 Å². The number of halogens is 1. The van der Waals surface area contributed by atoms with Crippen LogP contribution in [-0.4, -0.2) is 34.2 Å². The number of methoxy groups -OCH3 is 1. The molecule has 0 aromatic heterocycles. The lowest BCUT2D eigenvalue weighted by Crippen LogP contribution is -2.39. The number of hydrogen-bond acceptors (Lipinski definition) is 6. The highest BCUT2D eigenvalue weighted by Crippen LogP contribution is 2.33. The molecule has 10 heteroatoms. The summed E-state index contributed by atoms with van der Waals surface area (Å²) < 4.78 is 39.3. The number of carbonyl (C=O) groups excluding carboxylic acids is 1. The fourth-order valence-corrected chi connectivity index (χ4v) is 5.46. The van der Waals surface area contributed by atoms with Crippen molar-refractivity contribution in [2.45, 2.75) is 18.4 Å². The van der Waals surface area contributed by atoms with Crippen LogP contribution in [0.25, 0.3) is 0 Å². The lowest BCUT2D eigenvalue weighted by Gasteiger charge is -2.25. The van der Waals surface area contributed by atoms with E-state index in [1.807, 2.05) is 25.1 Å². The molecule has 4 rings (SSSR count). The van der Waals surface area contributed by atoms with E-state index in [1.165, 1.54) is 25.5 Å². The first kappa shape index (κ1) is 28.7. The number of nitrogens with one attached hydrogen (secondary N) is 1. The second kappa shape index (κ2) is 13.1. The summed E-state index contributed by atoms with van der Waals surface area (Å²) >= 11 is 6.01. The van der Waals surface area contributed by atoms with Gasteiger partial charge in [0.25, 0.3) is 15.9 Å². The van der Waals surface area contributed by atoms with Crippen molar-refractivity contribution < 1.29 is 22.7 Å². The first-order chi connectivity index (χ1) is 19.3. The quantitative estimate of drug-likeness (QED) is 0.185. The van der Waals surface area contributed by atoms with E-state index in [9.17, 15) is 13.2 Å². The number of carbonyl (C=O) groups is 1. The zero-order valence-electron chi connectivity index (χ0n) is 22.0. The Kier molecular flexibility index (Phi) is 9.42. The third kappa shape index (κ3) is 7.40. The van der Waals surface area contributed by atoms with E-state index in [1.54, 1.807) is 66.7 Å². The molecule has 0 heterocycles. The van der Waals surface area contributed by atoms with Crippen molar-refractivity contribution in [1.82, 2.24) is 5.43 Å². The van der Waals surface area contributed by atoms with E-state index < -0.39 is 22.5 Å². The second-order valence-corrected chi connectivity index (χ2v) is 11.1. The molecule has 0 fully saturated rings. The molecule has 0 saturated heterocycles. The number of hydrogen-bond donors (Lipinski definition) is 1. The molecule has 206 valence electrons. The van der Waals surface area contributed by atoms with Crippen molar-refractivity contribution in [2.75, 3.05) is 18.0 Å². The minimum absolute atomic E-state index is 0.0486. The van der Waals surface area contributed by atoms with Gasteiger partial charge in [-0.1, -0.05) is 48.0 Å². The van der Waals surface area contributed by atoms with Gasteiger partial charge in [0, 0.05) is 5.02 Å². The fourth-order valence-electron chi connectivity index (χ4n) is 3.80. The zero-order chi connectivity index (χ0) is 28.5. The maximum absolute atomic E-state index is 13.6. The Morgan fingerprint density at radius 3 is 2.42 bits per heavy atom. The Morgan fingerprint density at radius 2 is 1.73 bits per heavy atom. The number of hydrazone groups is 1. The molecule has 0 unspecified atom stereocenters. The van der Waals surface area contributed by atoms with Crippen LogP contribution in [0.5, 0.6) is 11.5 Å². The van der Waals surface area contributed by atoms with Gasteiger partial charge in [-0.05, 0) is 84.3 Å². The van der Waals surface area contributed by atoms with Gasteiger partial charge < -0.3 is 9.47 Å². The van der Waals surface area contributed by atoms with Gasteiger partial charge in [0.15, 0.2) is 0 Å². The van der Waals surface area contributed by atoms with Crippen LogP contribution in [0, 0.1) is 6.92 Å². The standard InChI is InChI=1S/C30H28ClN3O5S/c1-22-11-16-29(38-2)28(17-22)34(40(36,37)27-9-4-3-5-10-27)20-30(35)33-32-19-23-12-14-26(15-13-23)39-21-24-7-6-8-25(31)18-24/h3-19H,20-21H2,1-2H3,(H,33,35)/b32-19-. The van der Waals surface area contributed by atoms with Gasteiger partial charge in [0.2, 0.25) is 0 Å². The topological polar surface area (TPSA) is 97.3 Å². The molecule has 0 aliphatic carbocycles. The molecule has 0 bridgehead atoms. The lowest BCUT2D eigenvalue weighted by atomic mass is 10.2. The Hall–Kier alpha value is -4.34. The van der Waals surface area contributed by atoms with Gasteiger partial charge in [-0.2, -0.15) is 5.10 Å². The van der Waals surface area contributed by atoms with Crippen LogP contribution in [0.1, 0.15) is 16.7 Å². The van der Waals surface area contributed by atoms with E-state index in [0.717, 1.165) is 15.4 Å². The van der Waals surface area contributed by atoms with Crippen LogP contribution in [0.4, 0.5) is 5.69 Å². The van der Waals surface area contributed by atoms with Gasteiger partial charge >= 0.3 is 0 Å². The van der Waals surface area contributed by atoms with Gasteiger partial charge in [-0.3, -0.25) is 9.10 Å². The highest BCUT2D eigenvalue weighted by atomic mass is 35.5. The SMILES string of the molecule is COc1ccc(C)cc1N(CC(=O)N/N=C\c1ccc(OCc2cccc(Cl)c2)cc1)S(=O)(=O)c1ccccc1. The molecule has 0 aliphatic heterocycles. The zero-order valence-corrected chi connectivity index (χ0v) is 23.5. The predicted molar refractivity (Wildman–Crippen MR) is 157 cm³/mol. The highest BCUT2D eigenvalue weighted by molar-refractivity contribution is 7.92. The number of aryl methyl sites for hydroxylation is 1. The van der Waals surface area contributed by atoms with Crippen LogP contribution in [-0.2, 0) is 21.4 Å². The fraction of sp³-hybridized carbons (Fsp3) is 0.133. The van der Waals surface area contributed by atoms with E-state index in [0.29, 0.717) is 28.7 Å². The summed E-state index contributed by atoms with van der Waals surface area (Å²) in [7, 11) is -2.65. The average Bonchev–Trinajstić information content (AvgIpc) is 2.96. The van der Waals surface area contributed by atoms with Crippen molar-refractivity contribution >= 4 is 39.4 Å². The smallest absolute Gasteiger partial charge is 0.264 e. The summed E-state index contributed by atoms with van der Waals surface area (Å²) in [5.74, 6) is 0.356. The Morgan fingerprint density at radius 1 is 0.975 bits per heavy atom. The van der Waals surface area contributed by atoms with Crippen LogP contribution in [0.15, 0.2) is 107 Å². The molecule has 4 aromatic rings. The molecule has 8 nitrogen and oxygen atoms in total. The molecule has 0 radical (unpaired) electrons. The Bertz CT molecular complexity index is 1590. The third-order valence-corrected chi connectivity index (χ3v) is 7.81. The summed E-state index contributed by atoms with van der Waals surface area (Å²) in [5, 5.41) is 4.65. The van der Waals surface area contributed by atoms with Crippen LogP contribution in [0.2, 0.25) is 5.02 Å². The molecule has 0 aliphatic rings. The van der Waals surface area contributed by atoms with E-state index in [-0.39, 0.29) is 10.6 Å². The van der Waals surface area contributed by atoms with Crippen LogP contribution < -0.4 is 19.2 Å². The molecule has 0 saturated carbocycles. The maximum atomic E-state index is 13.6. The van der Waals surface area contributed by atoms with E-state index >= 15 is 0 Å². The minimum atomic E-state index is -4.09. The minimum Gasteiger partial charge on any atom is -0.495 e. The summed E-state index contributed by atoms with van der Waals surface area (Å²) in [6.45, 7) is 1.69. The van der Waals surface area contributed by atoms with Crippen molar-refractivity contribution in [3.05, 3.63) is 119 Å². The molecule has 1 N–H and O–H groups in total. The Labute approximate surface area is 238 Å². The molecule has 40 heavy (non-hydrogen) atoms. The lowest BCUT2D eigenvalue weighted by molar-refractivity contribution is -0.119. The van der Waals surface area contributed by atoms with Crippen LogP contribution >= 0.6 is 11.6 Å². The van der Waals surface area contributed by atoms with Crippen molar-refractivity contribution in [3.8, 4) is 11.5 Å². The maximum Gasteiger partial charge on any atom is 0.264 e. The van der Waals surface area contributed by atoms with E-state index in [4.69, 9.17) is 21.1 Å². The predicted octanol–water partition coefficient (Wildman–Crippen LogP) is 5.58. The van der Waals surface area contributed by atoms with Gasteiger partial charge in [-0.25, -0.2) is 13.8 Å². The first-order valence-electron chi connectivity index (χ1n) is 12.3. The first-order valence-corrected chi connectivity index (χ1v) is 14.1. The molecule has 4 aromatic carbocycles. The molecule has 1 amide bonds. The van der Waals surface area contributed by atoms with Crippen molar-refractivity contribution in [1.29, 1.82) is 0 Å². The van der Waals surface area contributed by atoms with Gasteiger partial charge in [0.05, 0.1) is 23.9 Å². The number of benzene rings is 4. The summed E-state index contributed by atoms with van der Waals surface area (Å²) in [4.78, 5) is 12.9. The van der Waals surface area contributed by atoms with Crippen LogP contribution in [0.3, 0.4) is 0 Å². The number of nitrogens with zero attached hydrogens (tertiary/aromatic N) is 2. The highest BCUT2D eigenvalue weighted by Gasteiger charge is 2.29. The number of sulfonamides is 1. The molecule has 0 spiro atoms. The summed E-state index contributed by atoms with van der Waals surface area (Å²) in [6, 6.07) is 27.6. The second-order valence-electron chi connectivity index (χ2n) is 8.78. The summed E-state index contributed by atoms with van der Waals surface area (Å²) in [6.07, 6.45) is 1.46. The summed E-state index contributed by atoms with van der Waals surface area (Å²) in [5.41, 5.74) is 5.13. The number of amides is 1. The largest absolute Gasteiger partial charge is 0.495 e. The number of anilines is 1. The average molecular weight is 578 g/mol. The molecular weight excluding hydrogens is 550 g/mol. The normalized spacial score (nSPS) is 11.3.